The van der Waals surface area contributed by atoms with Crippen molar-refractivity contribution in [2.45, 2.75) is 32.7 Å². The molecule has 0 aliphatic carbocycles. The Bertz CT molecular complexity index is 343. The minimum Gasteiger partial charge on any atom is -0.347 e. The lowest BCUT2D eigenvalue weighted by atomic mass is 10.0. The Morgan fingerprint density at radius 1 is 1.67 bits per heavy atom. The van der Waals surface area contributed by atoms with Crippen molar-refractivity contribution in [1.82, 2.24) is 15.5 Å². The molecule has 1 heterocycles. The van der Waals surface area contributed by atoms with E-state index in [9.17, 15) is 4.79 Å². The van der Waals surface area contributed by atoms with Crippen LogP contribution >= 0.6 is 0 Å². The molecule has 0 unspecified atom stereocenters. The van der Waals surface area contributed by atoms with Crippen LogP contribution in [0.1, 0.15) is 36.3 Å². The standard InChI is InChI=1S/C10H18N4O/c1-7-8(6-12-14-7)9(15)13-10(2,3)4-5-11/h6H,4-5,11H2,1-3H3,(H,12,14)(H,13,15). The van der Waals surface area contributed by atoms with Gasteiger partial charge in [-0.1, -0.05) is 0 Å². The SMILES string of the molecule is Cc1[nH]ncc1C(=O)NC(C)(C)CCN. The average molecular weight is 210 g/mol. The zero-order valence-electron chi connectivity index (χ0n) is 9.42. The first kappa shape index (κ1) is 11.7. The molecule has 1 aromatic rings. The van der Waals surface area contributed by atoms with Crippen LogP contribution in [-0.2, 0) is 0 Å². The van der Waals surface area contributed by atoms with E-state index in [1.807, 2.05) is 20.8 Å². The van der Waals surface area contributed by atoms with Crippen molar-refractivity contribution in [3.8, 4) is 0 Å². The van der Waals surface area contributed by atoms with Crippen LogP contribution in [-0.4, -0.2) is 28.2 Å². The van der Waals surface area contributed by atoms with Crippen molar-refractivity contribution >= 4 is 5.91 Å². The van der Waals surface area contributed by atoms with Gasteiger partial charge in [0.15, 0.2) is 0 Å². The van der Waals surface area contributed by atoms with E-state index in [1.165, 1.54) is 6.20 Å². The van der Waals surface area contributed by atoms with Crippen LogP contribution in [0.15, 0.2) is 6.20 Å². The van der Waals surface area contributed by atoms with Crippen LogP contribution < -0.4 is 11.1 Å². The van der Waals surface area contributed by atoms with E-state index in [4.69, 9.17) is 5.73 Å². The summed E-state index contributed by atoms with van der Waals surface area (Å²) >= 11 is 0. The van der Waals surface area contributed by atoms with Crippen LogP contribution in [0.5, 0.6) is 0 Å². The summed E-state index contributed by atoms with van der Waals surface area (Å²) in [6.45, 7) is 6.27. The molecule has 0 fully saturated rings. The predicted molar refractivity (Wildman–Crippen MR) is 58.5 cm³/mol. The molecule has 1 amide bonds. The molecule has 5 heteroatoms. The molecule has 1 rings (SSSR count). The molecule has 84 valence electrons. The van der Waals surface area contributed by atoms with Gasteiger partial charge in [-0.15, -0.1) is 0 Å². The number of nitrogens with two attached hydrogens (primary N) is 1. The number of carbonyl (C=O) groups is 1. The second-order valence-electron chi connectivity index (χ2n) is 4.29. The van der Waals surface area contributed by atoms with Crippen LogP contribution in [0.25, 0.3) is 0 Å². The molecule has 0 saturated heterocycles. The molecule has 0 aliphatic rings. The second kappa shape index (κ2) is 4.44. The number of nitrogens with zero attached hydrogens (tertiary/aromatic N) is 1. The fourth-order valence-electron chi connectivity index (χ4n) is 1.38. The Kier molecular flexibility index (Phi) is 3.47. The zero-order valence-corrected chi connectivity index (χ0v) is 9.42. The Balaban J connectivity index is 2.68. The normalized spacial score (nSPS) is 11.5. The molecule has 0 aliphatic heterocycles. The number of amides is 1. The Morgan fingerprint density at radius 3 is 2.80 bits per heavy atom. The first-order valence-corrected chi connectivity index (χ1v) is 4.99. The Labute approximate surface area is 89.4 Å². The minimum absolute atomic E-state index is 0.111. The number of rotatable bonds is 4. The summed E-state index contributed by atoms with van der Waals surface area (Å²) in [5.41, 5.74) is 6.54. The summed E-state index contributed by atoms with van der Waals surface area (Å²) in [6.07, 6.45) is 2.28. The Morgan fingerprint density at radius 2 is 2.33 bits per heavy atom. The monoisotopic (exact) mass is 210 g/mol. The van der Waals surface area contributed by atoms with E-state index in [1.54, 1.807) is 0 Å². The number of carbonyl (C=O) groups excluding carboxylic acids is 1. The lowest BCUT2D eigenvalue weighted by Crippen LogP contribution is -2.44. The van der Waals surface area contributed by atoms with Crippen molar-refractivity contribution in [3.05, 3.63) is 17.5 Å². The average Bonchev–Trinajstić information content (AvgIpc) is 2.50. The number of hydrogen-bond acceptors (Lipinski definition) is 3. The van der Waals surface area contributed by atoms with Gasteiger partial charge in [0.25, 0.3) is 5.91 Å². The van der Waals surface area contributed by atoms with Gasteiger partial charge >= 0.3 is 0 Å². The second-order valence-corrected chi connectivity index (χ2v) is 4.29. The number of nitrogens with one attached hydrogen (secondary N) is 2. The Hall–Kier alpha value is -1.36. The van der Waals surface area contributed by atoms with Gasteiger partial charge in [0.05, 0.1) is 11.8 Å². The summed E-state index contributed by atoms with van der Waals surface area (Å²) < 4.78 is 0. The summed E-state index contributed by atoms with van der Waals surface area (Å²) in [5, 5.41) is 9.46. The van der Waals surface area contributed by atoms with Crippen LogP contribution in [0.4, 0.5) is 0 Å². The highest BCUT2D eigenvalue weighted by Crippen LogP contribution is 2.10. The lowest BCUT2D eigenvalue weighted by Gasteiger charge is -2.25. The first-order chi connectivity index (χ1) is 6.96. The van der Waals surface area contributed by atoms with Gasteiger partial charge in [-0.25, -0.2) is 0 Å². The highest BCUT2D eigenvalue weighted by atomic mass is 16.1. The molecule has 1 aromatic heterocycles. The summed E-state index contributed by atoms with van der Waals surface area (Å²) in [5.74, 6) is -0.111. The molecule has 0 bridgehead atoms. The van der Waals surface area contributed by atoms with E-state index < -0.39 is 0 Å². The van der Waals surface area contributed by atoms with Crippen molar-refractivity contribution in [1.29, 1.82) is 0 Å². The van der Waals surface area contributed by atoms with Crippen molar-refractivity contribution in [2.75, 3.05) is 6.54 Å². The number of aryl methyl sites for hydroxylation is 1. The largest absolute Gasteiger partial charge is 0.347 e. The quantitative estimate of drug-likeness (QED) is 0.679. The summed E-state index contributed by atoms with van der Waals surface area (Å²) in [4.78, 5) is 11.8. The zero-order chi connectivity index (χ0) is 11.5. The van der Waals surface area contributed by atoms with Crippen molar-refractivity contribution in [3.63, 3.8) is 0 Å². The summed E-state index contributed by atoms with van der Waals surface area (Å²) in [7, 11) is 0. The molecule has 4 N–H and O–H groups in total. The third-order valence-corrected chi connectivity index (χ3v) is 2.30. The molecule has 0 radical (unpaired) electrons. The fourth-order valence-corrected chi connectivity index (χ4v) is 1.38. The van der Waals surface area contributed by atoms with Gasteiger partial charge in [0.1, 0.15) is 0 Å². The molecule has 0 aromatic carbocycles. The van der Waals surface area contributed by atoms with Gasteiger partial charge in [-0.05, 0) is 33.7 Å². The predicted octanol–water partition coefficient (Wildman–Crippen LogP) is 0.575. The smallest absolute Gasteiger partial charge is 0.255 e. The maximum atomic E-state index is 11.8. The fraction of sp³-hybridized carbons (Fsp3) is 0.600. The van der Waals surface area contributed by atoms with Crippen molar-refractivity contribution in [2.24, 2.45) is 5.73 Å². The molecule has 0 saturated carbocycles. The van der Waals surface area contributed by atoms with Gasteiger partial charge < -0.3 is 11.1 Å². The number of hydrogen-bond donors (Lipinski definition) is 3. The minimum atomic E-state index is -0.282. The summed E-state index contributed by atoms with van der Waals surface area (Å²) in [6, 6.07) is 0. The van der Waals surface area contributed by atoms with Gasteiger partial charge in [-0.3, -0.25) is 9.89 Å². The van der Waals surface area contributed by atoms with E-state index in [0.717, 1.165) is 12.1 Å². The van der Waals surface area contributed by atoms with E-state index in [0.29, 0.717) is 12.1 Å². The van der Waals surface area contributed by atoms with Gasteiger partial charge in [0, 0.05) is 11.2 Å². The highest BCUT2D eigenvalue weighted by molar-refractivity contribution is 5.95. The molecular formula is C10H18N4O. The van der Waals surface area contributed by atoms with E-state index in [2.05, 4.69) is 15.5 Å². The highest BCUT2D eigenvalue weighted by Gasteiger charge is 2.21. The third kappa shape index (κ3) is 3.06. The lowest BCUT2D eigenvalue weighted by molar-refractivity contribution is 0.0910. The maximum Gasteiger partial charge on any atom is 0.255 e. The van der Waals surface area contributed by atoms with E-state index >= 15 is 0 Å². The molecular weight excluding hydrogens is 192 g/mol. The number of H-pyrrole nitrogens is 1. The van der Waals surface area contributed by atoms with Crippen LogP contribution in [0.3, 0.4) is 0 Å². The topological polar surface area (TPSA) is 83.8 Å². The van der Waals surface area contributed by atoms with Gasteiger partial charge in [0.2, 0.25) is 0 Å². The third-order valence-electron chi connectivity index (χ3n) is 2.30. The van der Waals surface area contributed by atoms with E-state index in [-0.39, 0.29) is 11.4 Å². The molecule has 15 heavy (non-hydrogen) atoms. The maximum absolute atomic E-state index is 11.8. The number of aromatic nitrogens is 2. The molecule has 0 spiro atoms. The first-order valence-electron chi connectivity index (χ1n) is 4.99. The molecule has 5 nitrogen and oxygen atoms in total. The van der Waals surface area contributed by atoms with Crippen LogP contribution in [0.2, 0.25) is 0 Å². The number of aromatic amines is 1. The molecule has 0 atom stereocenters. The van der Waals surface area contributed by atoms with Crippen LogP contribution in [0, 0.1) is 6.92 Å². The van der Waals surface area contributed by atoms with Gasteiger partial charge in [-0.2, -0.15) is 5.10 Å². The van der Waals surface area contributed by atoms with Crippen molar-refractivity contribution < 1.29 is 4.79 Å².